The van der Waals surface area contributed by atoms with Crippen LogP contribution in [0.4, 0.5) is 10.5 Å². The lowest BCUT2D eigenvalue weighted by molar-refractivity contribution is -0.00232. The molecule has 9 heteroatoms. The van der Waals surface area contributed by atoms with Crippen molar-refractivity contribution < 1.29 is 9.53 Å². The molecule has 1 aromatic heterocycles. The summed E-state index contributed by atoms with van der Waals surface area (Å²) in [7, 11) is 0. The van der Waals surface area contributed by atoms with Crippen LogP contribution < -0.4 is 10.6 Å². The number of carbonyl (C=O) groups excluding carboxylic acids is 1. The minimum absolute atomic E-state index is 0.255. The summed E-state index contributed by atoms with van der Waals surface area (Å²) in [4.78, 5) is 12.1. The summed E-state index contributed by atoms with van der Waals surface area (Å²) < 4.78 is 7.55. The van der Waals surface area contributed by atoms with Crippen molar-refractivity contribution in [2.24, 2.45) is 5.92 Å². The number of carbonyl (C=O) groups is 1. The highest BCUT2D eigenvalue weighted by atomic mass is 32.2. The number of urea groups is 1. The third-order valence-corrected chi connectivity index (χ3v) is 5.34. The number of anilines is 1. The molecule has 0 saturated heterocycles. The number of amides is 2. The summed E-state index contributed by atoms with van der Waals surface area (Å²) in [6.07, 6.45) is 7.11. The smallest absolute Gasteiger partial charge is 0.319 e. The van der Waals surface area contributed by atoms with Gasteiger partial charge in [-0.25, -0.2) is 4.79 Å². The largest absolute Gasteiger partial charge is 0.376 e. The van der Waals surface area contributed by atoms with Crippen molar-refractivity contribution in [2.75, 3.05) is 24.7 Å². The molecule has 0 radical (unpaired) electrons. The zero-order valence-electron chi connectivity index (χ0n) is 15.7. The summed E-state index contributed by atoms with van der Waals surface area (Å²) >= 11 is 1.46. The van der Waals surface area contributed by atoms with Gasteiger partial charge in [-0.15, -0.1) is 5.10 Å². The van der Waals surface area contributed by atoms with Gasteiger partial charge in [0, 0.05) is 12.2 Å². The van der Waals surface area contributed by atoms with Crippen LogP contribution in [0.5, 0.6) is 0 Å². The van der Waals surface area contributed by atoms with Gasteiger partial charge in [0.25, 0.3) is 0 Å². The maximum Gasteiger partial charge on any atom is 0.319 e. The van der Waals surface area contributed by atoms with Gasteiger partial charge in [-0.05, 0) is 53.6 Å². The molecule has 0 unspecified atom stereocenters. The molecule has 0 aliphatic heterocycles. The molecule has 1 aromatic carbocycles. The molecule has 2 amide bonds. The fraction of sp³-hybridized carbons (Fsp3) is 0.556. The first-order valence-corrected chi connectivity index (χ1v) is 10.5. The van der Waals surface area contributed by atoms with E-state index in [2.05, 4.69) is 33.1 Å². The Hall–Kier alpha value is -2.13. The Kier molecular flexibility index (Phi) is 7.05. The molecule has 2 atom stereocenters. The number of aromatic nitrogens is 4. The number of ether oxygens (including phenoxy) is 1. The van der Waals surface area contributed by atoms with E-state index < -0.39 is 0 Å². The van der Waals surface area contributed by atoms with Gasteiger partial charge in [-0.3, -0.25) is 0 Å². The fourth-order valence-electron chi connectivity index (χ4n) is 3.26. The van der Waals surface area contributed by atoms with E-state index in [1.165, 1.54) is 31.0 Å². The topological polar surface area (TPSA) is 94.0 Å². The molecule has 146 valence electrons. The van der Waals surface area contributed by atoms with E-state index in [1.54, 1.807) is 4.68 Å². The summed E-state index contributed by atoms with van der Waals surface area (Å²) in [5.41, 5.74) is 1.46. The Morgan fingerprint density at radius 3 is 3.04 bits per heavy atom. The molecule has 0 bridgehead atoms. The number of tetrazole rings is 1. The molecule has 2 N–H and O–H groups in total. The molecular weight excluding hydrogens is 364 g/mol. The number of hydrogen-bond acceptors (Lipinski definition) is 6. The molecule has 0 spiro atoms. The van der Waals surface area contributed by atoms with Crippen LogP contribution >= 0.6 is 11.8 Å². The Morgan fingerprint density at radius 2 is 2.22 bits per heavy atom. The molecule has 3 rings (SSSR count). The highest BCUT2D eigenvalue weighted by Gasteiger charge is 2.21. The van der Waals surface area contributed by atoms with E-state index in [1.807, 2.05) is 30.5 Å². The monoisotopic (exact) mass is 390 g/mol. The van der Waals surface area contributed by atoms with Crippen LogP contribution in [-0.4, -0.2) is 51.7 Å². The van der Waals surface area contributed by atoms with Crippen LogP contribution in [0.3, 0.4) is 0 Å². The van der Waals surface area contributed by atoms with Crippen molar-refractivity contribution >= 4 is 23.5 Å². The average molecular weight is 391 g/mol. The first kappa shape index (κ1) is 19.6. The van der Waals surface area contributed by atoms with E-state index in [-0.39, 0.29) is 6.03 Å². The van der Waals surface area contributed by atoms with Gasteiger partial charge in [0.05, 0.1) is 18.4 Å². The number of hydrogen-bond donors (Lipinski definition) is 2. The van der Waals surface area contributed by atoms with Crippen LogP contribution in [0, 0.1) is 5.92 Å². The zero-order chi connectivity index (χ0) is 19.1. The summed E-state index contributed by atoms with van der Waals surface area (Å²) in [5, 5.41) is 18.0. The SMILES string of the molecule is CSc1nnnn1-c1cccc(NC(=O)NCCO[C@H]2CCCC[C@@H]2C)c1. The quantitative estimate of drug-likeness (QED) is 0.557. The highest BCUT2D eigenvalue weighted by Crippen LogP contribution is 2.26. The van der Waals surface area contributed by atoms with E-state index in [4.69, 9.17) is 4.74 Å². The molecule has 1 saturated carbocycles. The molecule has 1 aliphatic carbocycles. The van der Waals surface area contributed by atoms with Crippen LogP contribution in [-0.2, 0) is 4.74 Å². The van der Waals surface area contributed by atoms with Crippen LogP contribution in [0.1, 0.15) is 32.6 Å². The number of thioether (sulfide) groups is 1. The minimum Gasteiger partial charge on any atom is -0.376 e. The van der Waals surface area contributed by atoms with Gasteiger partial charge >= 0.3 is 6.03 Å². The van der Waals surface area contributed by atoms with E-state index in [9.17, 15) is 4.79 Å². The van der Waals surface area contributed by atoms with Gasteiger partial charge < -0.3 is 15.4 Å². The van der Waals surface area contributed by atoms with Crippen LogP contribution in [0.2, 0.25) is 0 Å². The number of nitrogens with one attached hydrogen (secondary N) is 2. The number of nitrogens with zero attached hydrogens (tertiary/aromatic N) is 4. The van der Waals surface area contributed by atoms with Crippen molar-refractivity contribution in [2.45, 2.75) is 43.9 Å². The van der Waals surface area contributed by atoms with Crippen molar-refractivity contribution in [1.82, 2.24) is 25.5 Å². The summed E-state index contributed by atoms with van der Waals surface area (Å²) in [6, 6.07) is 7.14. The zero-order valence-corrected chi connectivity index (χ0v) is 16.5. The van der Waals surface area contributed by atoms with Crippen LogP contribution in [0.25, 0.3) is 5.69 Å². The van der Waals surface area contributed by atoms with Crippen molar-refractivity contribution in [3.05, 3.63) is 24.3 Å². The molecule has 2 aromatic rings. The summed E-state index contributed by atoms with van der Waals surface area (Å²) in [6.45, 7) is 3.26. The Morgan fingerprint density at radius 1 is 1.37 bits per heavy atom. The fourth-order valence-corrected chi connectivity index (χ4v) is 3.70. The second-order valence-electron chi connectivity index (χ2n) is 6.68. The lowest BCUT2D eigenvalue weighted by Crippen LogP contribution is -2.34. The van der Waals surface area contributed by atoms with E-state index in [0.717, 1.165) is 12.1 Å². The maximum absolute atomic E-state index is 12.1. The van der Waals surface area contributed by atoms with E-state index >= 15 is 0 Å². The predicted octanol–water partition coefficient (Wildman–Crippen LogP) is 3.10. The second kappa shape index (κ2) is 9.70. The van der Waals surface area contributed by atoms with Gasteiger partial charge in [0.15, 0.2) is 0 Å². The molecule has 1 aliphatic rings. The van der Waals surface area contributed by atoms with Gasteiger partial charge in [-0.1, -0.05) is 37.6 Å². The first-order valence-electron chi connectivity index (χ1n) is 9.26. The van der Waals surface area contributed by atoms with E-state index in [0.29, 0.717) is 36.0 Å². The minimum atomic E-state index is -0.255. The number of benzene rings is 1. The molecule has 8 nitrogen and oxygen atoms in total. The predicted molar refractivity (Wildman–Crippen MR) is 105 cm³/mol. The standard InChI is InChI=1S/C18H26N6O2S/c1-13-6-3-4-9-16(13)26-11-10-19-17(25)20-14-7-5-8-15(12-14)24-18(27-2)21-22-23-24/h5,7-8,12-13,16H,3-4,6,9-11H2,1-2H3,(H2,19,20,25)/t13-,16-/m0/s1. The van der Waals surface area contributed by atoms with Gasteiger partial charge in [-0.2, -0.15) is 4.68 Å². The second-order valence-corrected chi connectivity index (χ2v) is 7.45. The normalized spacial score (nSPS) is 19.6. The molecular formula is C18H26N6O2S. The van der Waals surface area contributed by atoms with Gasteiger partial charge in [0.1, 0.15) is 0 Å². The van der Waals surface area contributed by atoms with Crippen molar-refractivity contribution in [3.63, 3.8) is 0 Å². The van der Waals surface area contributed by atoms with Crippen molar-refractivity contribution in [3.8, 4) is 5.69 Å². The lowest BCUT2D eigenvalue weighted by Gasteiger charge is -2.28. The lowest BCUT2D eigenvalue weighted by atomic mass is 9.88. The molecule has 27 heavy (non-hydrogen) atoms. The Bertz CT molecular complexity index is 753. The maximum atomic E-state index is 12.1. The van der Waals surface area contributed by atoms with Gasteiger partial charge in [0.2, 0.25) is 5.16 Å². The van der Waals surface area contributed by atoms with Crippen LogP contribution in [0.15, 0.2) is 29.4 Å². The average Bonchev–Trinajstić information content (AvgIpc) is 3.15. The molecule has 1 fully saturated rings. The first-order chi connectivity index (χ1) is 13.2. The third-order valence-electron chi connectivity index (χ3n) is 4.72. The third kappa shape index (κ3) is 5.43. The molecule has 1 heterocycles. The Labute approximate surface area is 163 Å². The highest BCUT2D eigenvalue weighted by molar-refractivity contribution is 7.98. The van der Waals surface area contributed by atoms with Crippen molar-refractivity contribution in [1.29, 1.82) is 0 Å². The Balaban J connectivity index is 1.46. The number of rotatable bonds is 7. The summed E-state index contributed by atoms with van der Waals surface area (Å²) in [5.74, 6) is 0.604.